The van der Waals surface area contributed by atoms with Gasteiger partial charge in [-0.25, -0.2) is 8.42 Å². The van der Waals surface area contributed by atoms with Gasteiger partial charge in [-0.2, -0.15) is 0 Å². The molecule has 1 aliphatic heterocycles. The van der Waals surface area contributed by atoms with Crippen LogP contribution in [0.5, 0.6) is 0 Å². The highest BCUT2D eigenvalue weighted by Crippen LogP contribution is 2.29. The van der Waals surface area contributed by atoms with Crippen molar-refractivity contribution >= 4 is 9.84 Å². The number of hydrogen-bond acceptors (Lipinski definition) is 3. The van der Waals surface area contributed by atoms with Gasteiger partial charge in [-0.15, -0.1) is 0 Å². The Hall–Kier alpha value is -1.29. The minimum Gasteiger partial charge on any atom is -0.388 e. The molecule has 0 saturated carbocycles. The summed E-state index contributed by atoms with van der Waals surface area (Å²) in [6, 6.07) is 8.76. The van der Waals surface area contributed by atoms with Crippen LogP contribution in [0.1, 0.15) is 45.4 Å². The average Bonchev–Trinajstić information content (AvgIpc) is 2.49. The first-order chi connectivity index (χ1) is 9.66. The van der Waals surface area contributed by atoms with Crippen LogP contribution in [0, 0.1) is 0 Å². The zero-order chi connectivity index (χ0) is 14.4. The number of nitrogens with one attached hydrogen (secondary N) is 1. The lowest BCUT2D eigenvalue weighted by Crippen LogP contribution is -2.25. The third-order valence-corrected chi connectivity index (χ3v) is 5.66. The molecule has 1 N–H and O–H groups in total. The van der Waals surface area contributed by atoms with Gasteiger partial charge in [-0.05, 0) is 37.8 Å². The molecule has 1 aromatic rings. The molecule has 2 rings (SSSR count). The summed E-state index contributed by atoms with van der Waals surface area (Å²) in [5.41, 5.74) is 0.938. The Bertz CT molecular complexity index is 561. The highest BCUT2D eigenvalue weighted by molar-refractivity contribution is 7.95. The van der Waals surface area contributed by atoms with E-state index < -0.39 is 9.84 Å². The molecule has 0 spiro atoms. The normalized spacial score (nSPS) is 16.1. The van der Waals surface area contributed by atoms with Crippen molar-refractivity contribution < 1.29 is 8.42 Å². The van der Waals surface area contributed by atoms with Gasteiger partial charge in [0.05, 0.1) is 9.80 Å². The van der Waals surface area contributed by atoms with Crippen LogP contribution in [0.15, 0.2) is 45.8 Å². The number of rotatable bonds is 6. The molecule has 0 atom stereocenters. The summed E-state index contributed by atoms with van der Waals surface area (Å²) in [5.74, 6) is 0. The van der Waals surface area contributed by atoms with E-state index in [0.29, 0.717) is 16.2 Å². The molecule has 0 radical (unpaired) electrons. The zero-order valence-corrected chi connectivity index (χ0v) is 12.9. The zero-order valence-electron chi connectivity index (χ0n) is 12.1. The van der Waals surface area contributed by atoms with Crippen molar-refractivity contribution in [2.75, 3.05) is 6.54 Å². The number of hydrogen-bond donors (Lipinski definition) is 1. The van der Waals surface area contributed by atoms with Gasteiger partial charge in [0.25, 0.3) is 0 Å². The minimum atomic E-state index is -3.33. The van der Waals surface area contributed by atoms with Crippen molar-refractivity contribution in [3.8, 4) is 0 Å². The summed E-state index contributed by atoms with van der Waals surface area (Å²) >= 11 is 0. The number of unbranched alkanes of at least 4 members (excludes halogenated alkanes) is 2. The topological polar surface area (TPSA) is 46.2 Å². The summed E-state index contributed by atoms with van der Waals surface area (Å²) < 4.78 is 25.5. The lowest BCUT2D eigenvalue weighted by atomic mass is 10.1. The summed E-state index contributed by atoms with van der Waals surface area (Å²) in [5, 5.41) is 3.30. The Balaban J connectivity index is 2.30. The predicted molar refractivity (Wildman–Crippen MR) is 82.0 cm³/mol. The quantitative estimate of drug-likeness (QED) is 0.815. The van der Waals surface area contributed by atoms with Crippen molar-refractivity contribution in [2.45, 2.75) is 50.3 Å². The molecule has 4 heteroatoms. The molecule has 0 aromatic heterocycles. The number of benzene rings is 1. The van der Waals surface area contributed by atoms with E-state index in [9.17, 15) is 8.42 Å². The smallest absolute Gasteiger partial charge is 0.204 e. The van der Waals surface area contributed by atoms with Crippen molar-refractivity contribution in [3.63, 3.8) is 0 Å². The molecule has 0 fully saturated rings. The highest BCUT2D eigenvalue weighted by atomic mass is 32.2. The van der Waals surface area contributed by atoms with Gasteiger partial charge in [0.15, 0.2) is 0 Å². The van der Waals surface area contributed by atoms with E-state index in [1.165, 1.54) is 0 Å². The van der Waals surface area contributed by atoms with Gasteiger partial charge in [-0.1, -0.05) is 38.0 Å². The SMILES string of the molecule is CCCCCC1=C(S(=O)(=O)c2ccccc2)CCCN1. The largest absolute Gasteiger partial charge is 0.388 e. The average molecular weight is 293 g/mol. The van der Waals surface area contributed by atoms with E-state index in [4.69, 9.17) is 0 Å². The molecular formula is C16H23NO2S. The molecule has 0 aliphatic carbocycles. The van der Waals surface area contributed by atoms with E-state index >= 15 is 0 Å². The molecule has 0 unspecified atom stereocenters. The fourth-order valence-corrected chi connectivity index (χ4v) is 4.27. The van der Waals surface area contributed by atoms with Gasteiger partial charge in [0.2, 0.25) is 9.84 Å². The van der Waals surface area contributed by atoms with Crippen LogP contribution in [-0.4, -0.2) is 15.0 Å². The first-order valence-corrected chi connectivity index (χ1v) is 8.90. The Morgan fingerprint density at radius 3 is 2.60 bits per heavy atom. The van der Waals surface area contributed by atoms with E-state index in [0.717, 1.165) is 44.3 Å². The van der Waals surface area contributed by atoms with Crippen LogP contribution < -0.4 is 5.32 Å². The Morgan fingerprint density at radius 2 is 1.90 bits per heavy atom. The Morgan fingerprint density at radius 1 is 1.15 bits per heavy atom. The first kappa shape index (κ1) is 15.1. The van der Waals surface area contributed by atoms with E-state index in [2.05, 4.69) is 12.2 Å². The standard InChI is InChI=1S/C16H23NO2S/c1-2-3-5-11-15-16(12-8-13-17-15)20(18,19)14-9-6-4-7-10-14/h4,6-7,9-10,17H,2-3,5,8,11-13H2,1H3. The molecular weight excluding hydrogens is 270 g/mol. The van der Waals surface area contributed by atoms with Crippen LogP contribution in [0.3, 0.4) is 0 Å². The fourth-order valence-electron chi connectivity index (χ4n) is 2.56. The van der Waals surface area contributed by atoms with Crippen LogP contribution in [0.2, 0.25) is 0 Å². The van der Waals surface area contributed by atoms with E-state index in [1.807, 2.05) is 6.07 Å². The predicted octanol–water partition coefficient (Wildman–Crippen LogP) is 3.64. The number of allylic oxidation sites excluding steroid dienone is 2. The van der Waals surface area contributed by atoms with Crippen molar-refractivity contribution in [3.05, 3.63) is 40.9 Å². The second kappa shape index (κ2) is 6.93. The molecule has 0 bridgehead atoms. The first-order valence-electron chi connectivity index (χ1n) is 7.42. The molecule has 1 aliphatic rings. The van der Waals surface area contributed by atoms with Crippen LogP contribution in [-0.2, 0) is 9.84 Å². The highest BCUT2D eigenvalue weighted by Gasteiger charge is 2.25. The summed E-state index contributed by atoms with van der Waals surface area (Å²) in [4.78, 5) is 1.01. The van der Waals surface area contributed by atoms with Crippen LogP contribution in [0.25, 0.3) is 0 Å². The van der Waals surface area contributed by atoms with Gasteiger partial charge < -0.3 is 5.32 Å². The minimum absolute atomic E-state index is 0.409. The van der Waals surface area contributed by atoms with Gasteiger partial charge in [0, 0.05) is 12.2 Å². The van der Waals surface area contributed by atoms with Crippen LogP contribution >= 0.6 is 0 Å². The lowest BCUT2D eigenvalue weighted by molar-refractivity contribution is 0.581. The molecule has 0 saturated heterocycles. The molecule has 110 valence electrons. The van der Waals surface area contributed by atoms with Gasteiger partial charge >= 0.3 is 0 Å². The lowest BCUT2D eigenvalue weighted by Gasteiger charge is -2.22. The van der Waals surface area contributed by atoms with E-state index in [-0.39, 0.29) is 0 Å². The third kappa shape index (κ3) is 3.42. The van der Waals surface area contributed by atoms with Crippen molar-refractivity contribution in [1.29, 1.82) is 0 Å². The second-order valence-corrected chi connectivity index (χ2v) is 7.18. The number of sulfone groups is 1. The monoisotopic (exact) mass is 293 g/mol. The van der Waals surface area contributed by atoms with Gasteiger partial charge in [-0.3, -0.25) is 0 Å². The van der Waals surface area contributed by atoms with Crippen molar-refractivity contribution in [1.82, 2.24) is 5.32 Å². The molecule has 1 heterocycles. The summed E-state index contributed by atoms with van der Waals surface area (Å²) in [6.45, 7) is 3.04. The summed E-state index contributed by atoms with van der Waals surface area (Å²) in [6.07, 6.45) is 5.73. The molecule has 20 heavy (non-hydrogen) atoms. The molecule has 3 nitrogen and oxygen atoms in total. The molecule has 1 aromatic carbocycles. The summed E-state index contributed by atoms with van der Waals surface area (Å²) in [7, 11) is -3.33. The molecule has 0 amide bonds. The Labute approximate surface area is 122 Å². The van der Waals surface area contributed by atoms with E-state index in [1.54, 1.807) is 24.3 Å². The van der Waals surface area contributed by atoms with Crippen LogP contribution in [0.4, 0.5) is 0 Å². The maximum Gasteiger partial charge on any atom is 0.204 e. The maximum atomic E-state index is 12.7. The second-order valence-electron chi connectivity index (χ2n) is 5.21. The van der Waals surface area contributed by atoms with Gasteiger partial charge in [0.1, 0.15) is 0 Å². The third-order valence-electron chi connectivity index (χ3n) is 3.66. The fraction of sp³-hybridized carbons (Fsp3) is 0.500. The maximum absolute atomic E-state index is 12.7. The van der Waals surface area contributed by atoms with Crippen molar-refractivity contribution in [2.24, 2.45) is 0 Å². The Kier molecular flexibility index (Phi) is 5.24.